The van der Waals surface area contributed by atoms with E-state index in [0.29, 0.717) is 0 Å². The minimum Gasteiger partial charge on any atom is -0.492 e. The summed E-state index contributed by atoms with van der Waals surface area (Å²) >= 11 is 0. The van der Waals surface area contributed by atoms with Crippen LogP contribution in [0.4, 0.5) is 0 Å². The van der Waals surface area contributed by atoms with Gasteiger partial charge in [0.15, 0.2) is 0 Å². The second-order valence-electron chi connectivity index (χ2n) is 8.81. The Labute approximate surface area is 202 Å². The number of hydrogen-bond acceptors (Lipinski definition) is 3. The van der Waals surface area contributed by atoms with Crippen molar-refractivity contribution in [2.24, 2.45) is 0 Å². The molecule has 0 spiro atoms. The highest BCUT2D eigenvalue weighted by atomic mass is 16.5. The number of aryl methyl sites for hydroxylation is 1. The first kappa shape index (κ1) is 27.1. The fourth-order valence-electron chi connectivity index (χ4n) is 3.74. The van der Waals surface area contributed by atoms with E-state index in [-0.39, 0.29) is 0 Å². The van der Waals surface area contributed by atoms with Gasteiger partial charge >= 0.3 is 0 Å². The number of benzene rings is 1. The van der Waals surface area contributed by atoms with Crippen LogP contribution in [0, 0.1) is 0 Å². The van der Waals surface area contributed by atoms with Crippen LogP contribution in [0.5, 0.6) is 5.75 Å². The second kappa shape index (κ2) is 18.3. The first-order chi connectivity index (χ1) is 16.3. The van der Waals surface area contributed by atoms with Gasteiger partial charge in [0.25, 0.3) is 0 Å². The van der Waals surface area contributed by atoms with E-state index >= 15 is 0 Å². The van der Waals surface area contributed by atoms with Gasteiger partial charge in [0.1, 0.15) is 5.75 Å². The number of allylic oxidation sites excluding steroid dienone is 2. The Morgan fingerprint density at radius 1 is 0.697 bits per heavy atom. The monoisotopic (exact) mass is 451 g/mol. The van der Waals surface area contributed by atoms with Gasteiger partial charge in [-0.3, -0.25) is 4.98 Å². The van der Waals surface area contributed by atoms with Gasteiger partial charge in [-0.15, -0.1) is 0 Å². The highest BCUT2D eigenvalue weighted by molar-refractivity contribution is 5.59. The molecule has 182 valence electrons. The van der Waals surface area contributed by atoms with Crippen molar-refractivity contribution < 1.29 is 9.47 Å². The van der Waals surface area contributed by atoms with Crippen LogP contribution in [0.1, 0.15) is 90.0 Å². The van der Waals surface area contributed by atoms with E-state index in [2.05, 4.69) is 61.3 Å². The van der Waals surface area contributed by atoms with Gasteiger partial charge in [0.2, 0.25) is 0 Å². The second-order valence-corrected chi connectivity index (χ2v) is 8.81. The Kier molecular flexibility index (Phi) is 15.0. The molecule has 1 aromatic heterocycles. The average Bonchev–Trinajstić information content (AvgIpc) is 2.85. The van der Waals surface area contributed by atoms with E-state index in [0.717, 1.165) is 68.9 Å². The van der Waals surface area contributed by atoms with Crippen molar-refractivity contribution in [3.8, 4) is 17.0 Å². The van der Waals surface area contributed by atoms with Crippen molar-refractivity contribution in [3.05, 3.63) is 60.3 Å². The Bertz CT molecular complexity index is 737. The lowest BCUT2D eigenvalue weighted by Gasteiger charge is -2.07. The SMILES string of the molecule is CCCCC/C=C\CCCCOc1ccc(-c2ccc(CCCCCOCCC)cc2)nc1. The zero-order valence-corrected chi connectivity index (χ0v) is 21.1. The third-order valence-electron chi connectivity index (χ3n) is 5.76. The van der Waals surface area contributed by atoms with Gasteiger partial charge in [0.05, 0.1) is 18.5 Å². The predicted molar refractivity (Wildman–Crippen MR) is 141 cm³/mol. The normalized spacial score (nSPS) is 11.3. The number of pyridine rings is 1. The van der Waals surface area contributed by atoms with Crippen molar-refractivity contribution in [2.75, 3.05) is 19.8 Å². The first-order valence-electron chi connectivity index (χ1n) is 13.2. The highest BCUT2D eigenvalue weighted by Crippen LogP contribution is 2.21. The van der Waals surface area contributed by atoms with E-state index in [1.165, 1.54) is 50.5 Å². The minimum absolute atomic E-state index is 0.754. The molecule has 0 radical (unpaired) electrons. The van der Waals surface area contributed by atoms with Crippen LogP contribution in [0.3, 0.4) is 0 Å². The standard InChI is InChI=1S/C30H45NO2/c1-3-5-6-7-8-9-10-11-15-25-33-29-21-22-30(31-26-29)28-19-17-27(18-20-28)16-13-12-14-24-32-23-4-2/h8-9,17-22,26H,3-7,10-16,23-25H2,1-2H3/b9-8-. The molecule has 0 saturated heterocycles. The van der Waals surface area contributed by atoms with Crippen molar-refractivity contribution in [1.82, 2.24) is 4.98 Å². The maximum absolute atomic E-state index is 5.87. The summed E-state index contributed by atoms with van der Waals surface area (Å²) in [6.45, 7) is 6.94. The van der Waals surface area contributed by atoms with Crippen LogP contribution in [0.15, 0.2) is 54.7 Å². The van der Waals surface area contributed by atoms with Gasteiger partial charge in [0, 0.05) is 18.8 Å². The summed E-state index contributed by atoms with van der Waals surface area (Å²) in [7, 11) is 0. The van der Waals surface area contributed by atoms with E-state index in [9.17, 15) is 0 Å². The van der Waals surface area contributed by atoms with Crippen molar-refractivity contribution >= 4 is 0 Å². The van der Waals surface area contributed by atoms with E-state index in [1.807, 2.05) is 12.3 Å². The quantitative estimate of drug-likeness (QED) is 0.158. The number of nitrogens with zero attached hydrogens (tertiary/aromatic N) is 1. The van der Waals surface area contributed by atoms with Crippen LogP contribution in [-0.4, -0.2) is 24.8 Å². The molecule has 2 rings (SSSR count). The molecule has 1 aromatic carbocycles. The number of hydrogen-bond donors (Lipinski definition) is 0. The summed E-state index contributed by atoms with van der Waals surface area (Å²) in [6, 6.07) is 12.9. The molecule has 0 aliphatic rings. The molecule has 33 heavy (non-hydrogen) atoms. The summed E-state index contributed by atoms with van der Waals surface area (Å²) < 4.78 is 11.4. The Morgan fingerprint density at radius 2 is 1.45 bits per heavy atom. The summed E-state index contributed by atoms with van der Waals surface area (Å²) in [6.07, 6.45) is 20.9. The lowest BCUT2D eigenvalue weighted by atomic mass is 10.0. The van der Waals surface area contributed by atoms with Crippen LogP contribution < -0.4 is 4.74 Å². The summed E-state index contributed by atoms with van der Waals surface area (Å²) in [5.74, 6) is 0.855. The molecular weight excluding hydrogens is 406 g/mol. The topological polar surface area (TPSA) is 31.4 Å². The number of ether oxygens (including phenoxy) is 2. The molecule has 0 atom stereocenters. The Morgan fingerprint density at radius 3 is 2.15 bits per heavy atom. The number of rotatable bonds is 19. The van der Waals surface area contributed by atoms with Gasteiger partial charge < -0.3 is 9.47 Å². The smallest absolute Gasteiger partial charge is 0.137 e. The van der Waals surface area contributed by atoms with Crippen molar-refractivity contribution in [2.45, 2.75) is 90.9 Å². The van der Waals surface area contributed by atoms with Gasteiger partial charge in [-0.1, -0.05) is 69.5 Å². The van der Waals surface area contributed by atoms with Gasteiger partial charge in [-0.05, 0) is 75.5 Å². The lowest BCUT2D eigenvalue weighted by molar-refractivity contribution is 0.130. The third-order valence-corrected chi connectivity index (χ3v) is 5.76. The Hall–Kier alpha value is -2.13. The van der Waals surface area contributed by atoms with E-state index < -0.39 is 0 Å². The molecule has 2 aromatic rings. The van der Waals surface area contributed by atoms with E-state index in [1.54, 1.807) is 0 Å². The van der Waals surface area contributed by atoms with Crippen LogP contribution in [0.25, 0.3) is 11.3 Å². The minimum atomic E-state index is 0.754. The van der Waals surface area contributed by atoms with Crippen LogP contribution >= 0.6 is 0 Å². The van der Waals surface area contributed by atoms with Crippen LogP contribution in [-0.2, 0) is 11.2 Å². The number of unbranched alkanes of at least 4 members (excludes halogenated alkanes) is 7. The largest absolute Gasteiger partial charge is 0.492 e. The highest BCUT2D eigenvalue weighted by Gasteiger charge is 2.02. The molecule has 0 fully saturated rings. The molecule has 0 unspecified atom stereocenters. The molecule has 0 N–H and O–H groups in total. The average molecular weight is 452 g/mol. The van der Waals surface area contributed by atoms with Gasteiger partial charge in [-0.25, -0.2) is 0 Å². The molecule has 0 aliphatic carbocycles. The zero-order valence-electron chi connectivity index (χ0n) is 21.1. The van der Waals surface area contributed by atoms with Crippen molar-refractivity contribution in [3.63, 3.8) is 0 Å². The number of aromatic nitrogens is 1. The van der Waals surface area contributed by atoms with Gasteiger partial charge in [-0.2, -0.15) is 0 Å². The molecule has 0 aliphatic heterocycles. The summed E-state index contributed by atoms with van der Waals surface area (Å²) in [5, 5.41) is 0. The summed E-state index contributed by atoms with van der Waals surface area (Å²) in [4.78, 5) is 4.60. The molecule has 0 amide bonds. The predicted octanol–water partition coefficient (Wildman–Crippen LogP) is 8.57. The Balaban J connectivity index is 1.61. The maximum atomic E-state index is 5.87. The molecular formula is C30H45NO2. The molecule has 0 saturated carbocycles. The van der Waals surface area contributed by atoms with Crippen molar-refractivity contribution in [1.29, 1.82) is 0 Å². The third kappa shape index (κ3) is 12.6. The van der Waals surface area contributed by atoms with Crippen LogP contribution in [0.2, 0.25) is 0 Å². The molecule has 3 heteroatoms. The fourth-order valence-corrected chi connectivity index (χ4v) is 3.74. The van der Waals surface area contributed by atoms with E-state index in [4.69, 9.17) is 9.47 Å². The molecule has 3 nitrogen and oxygen atoms in total. The summed E-state index contributed by atoms with van der Waals surface area (Å²) in [5.41, 5.74) is 3.54. The lowest BCUT2D eigenvalue weighted by Crippen LogP contribution is -1.97. The first-order valence-corrected chi connectivity index (χ1v) is 13.2. The zero-order chi connectivity index (χ0) is 23.4. The fraction of sp³-hybridized carbons (Fsp3) is 0.567. The maximum Gasteiger partial charge on any atom is 0.137 e. The molecule has 0 bridgehead atoms. The molecule has 1 heterocycles.